The molecule has 3 N–H and O–H groups in total. The molecule has 4 saturated carbocycles. The molecule has 30 heavy (non-hydrogen) atoms. The number of halogens is 2. The van der Waals surface area contributed by atoms with Crippen LogP contribution >= 0.6 is 11.6 Å². The summed E-state index contributed by atoms with van der Waals surface area (Å²) in [5.74, 6) is -1.30. The molecule has 1 unspecified atom stereocenters. The van der Waals surface area contributed by atoms with Crippen LogP contribution in [0.1, 0.15) is 39.0 Å². The number of benzene rings is 1. The molecule has 1 aromatic rings. The molecule has 0 spiro atoms. The van der Waals surface area contributed by atoms with Gasteiger partial charge in [0.25, 0.3) is 5.91 Å². The van der Waals surface area contributed by atoms with Gasteiger partial charge in [-0.25, -0.2) is 4.39 Å². The Kier molecular flexibility index (Phi) is 4.94. The van der Waals surface area contributed by atoms with E-state index in [-0.39, 0.29) is 40.3 Å². The maximum Gasteiger partial charge on any atom is 0.259 e. The zero-order valence-electron chi connectivity index (χ0n) is 16.5. The van der Waals surface area contributed by atoms with E-state index >= 15 is 0 Å². The molecular weight excluding hydrogens is 413 g/mol. The van der Waals surface area contributed by atoms with E-state index in [1.165, 1.54) is 12.1 Å². The van der Waals surface area contributed by atoms with E-state index in [1.807, 2.05) is 6.92 Å². The first-order valence-electron chi connectivity index (χ1n) is 9.83. The Bertz CT molecular complexity index is 921. The smallest absolute Gasteiger partial charge is 0.259 e. The van der Waals surface area contributed by atoms with E-state index in [1.54, 1.807) is 0 Å². The minimum atomic E-state index is -0.910. The molecule has 1 atom stereocenters. The van der Waals surface area contributed by atoms with Crippen LogP contribution in [-0.2, 0) is 14.3 Å². The van der Waals surface area contributed by atoms with Crippen molar-refractivity contribution in [2.45, 2.75) is 56.8 Å². The zero-order chi connectivity index (χ0) is 21.7. The Morgan fingerprint density at radius 3 is 2.63 bits per heavy atom. The van der Waals surface area contributed by atoms with Gasteiger partial charge >= 0.3 is 0 Å². The van der Waals surface area contributed by atoms with Crippen molar-refractivity contribution in [2.24, 2.45) is 16.6 Å². The second kappa shape index (κ2) is 7.10. The Morgan fingerprint density at radius 1 is 1.40 bits per heavy atom. The van der Waals surface area contributed by atoms with Crippen LogP contribution in [0, 0.1) is 28.0 Å². The van der Waals surface area contributed by atoms with Crippen molar-refractivity contribution >= 4 is 23.4 Å². The van der Waals surface area contributed by atoms with Crippen LogP contribution in [0.15, 0.2) is 18.2 Å². The first-order chi connectivity index (χ1) is 14.1. The highest BCUT2D eigenvalue weighted by Crippen LogP contribution is 2.69. The molecule has 1 aromatic carbocycles. The number of rotatable bonds is 8. The zero-order valence-corrected chi connectivity index (χ0v) is 17.3. The fourth-order valence-corrected chi connectivity index (χ4v) is 5.25. The first kappa shape index (κ1) is 20.9. The molecule has 0 aromatic heterocycles. The summed E-state index contributed by atoms with van der Waals surface area (Å²) < 4.78 is 24.9. The Morgan fingerprint density at radius 2 is 2.07 bits per heavy atom. The van der Waals surface area contributed by atoms with Gasteiger partial charge in [-0.05, 0) is 51.2 Å². The molecule has 4 fully saturated rings. The minimum Gasteiger partial charge on any atom is -0.480 e. The standard InChI is InChI=1S/C21H23ClFN3O4/c1-19(11-24)5-13(6-19)29-7-16(27)26-21-8-20(9-21,10-21)17(18(25)28)30-12-2-3-14(22)15(23)4-12/h2-4,13,17H,5-10H2,1H3,(H2,25,28)(H,26,27). The van der Waals surface area contributed by atoms with Crippen LogP contribution in [0.5, 0.6) is 5.75 Å². The van der Waals surface area contributed by atoms with Crippen molar-refractivity contribution in [1.29, 1.82) is 5.26 Å². The second-order valence-electron chi connectivity index (χ2n) is 9.21. The highest BCUT2D eigenvalue weighted by atomic mass is 35.5. The summed E-state index contributed by atoms with van der Waals surface area (Å²) in [5, 5.41) is 12.0. The van der Waals surface area contributed by atoms with Crippen LogP contribution in [0.25, 0.3) is 0 Å². The third-order valence-corrected chi connectivity index (χ3v) is 6.82. The number of nitrogens with zero attached hydrogens (tertiary/aromatic N) is 1. The lowest BCUT2D eigenvalue weighted by molar-refractivity contribution is -0.209. The number of hydrogen-bond acceptors (Lipinski definition) is 5. The van der Waals surface area contributed by atoms with Crippen LogP contribution in [0.2, 0.25) is 5.02 Å². The lowest BCUT2D eigenvalue weighted by Crippen LogP contribution is -2.79. The average Bonchev–Trinajstić information content (AvgIpc) is 2.60. The first-order valence-corrected chi connectivity index (χ1v) is 10.2. The van der Waals surface area contributed by atoms with E-state index in [2.05, 4.69) is 11.4 Å². The van der Waals surface area contributed by atoms with Gasteiger partial charge in [-0.15, -0.1) is 0 Å². The summed E-state index contributed by atoms with van der Waals surface area (Å²) in [6, 6.07) is 6.21. The third kappa shape index (κ3) is 3.61. The summed E-state index contributed by atoms with van der Waals surface area (Å²) in [7, 11) is 0. The second-order valence-corrected chi connectivity index (χ2v) is 9.62. The van der Waals surface area contributed by atoms with E-state index in [9.17, 15) is 14.0 Å². The van der Waals surface area contributed by atoms with Crippen LogP contribution in [0.4, 0.5) is 4.39 Å². The summed E-state index contributed by atoms with van der Waals surface area (Å²) >= 11 is 5.68. The number of nitrogens with two attached hydrogens (primary N) is 1. The van der Waals surface area contributed by atoms with E-state index in [0.29, 0.717) is 32.1 Å². The molecule has 0 saturated heterocycles. The Hall–Kier alpha value is -2.37. The summed E-state index contributed by atoms with van der Waals surface area (Å²) in [4.78, 5) is 24.2. The molecule has 7 nitrogen and oxygen atoms in total. The van der Waals surface area contributed by atoms with E-state index < -0.39 is 23.2 Å². The molecule has 0 aliphatic heterocycles. The van der Waals surface area contributed by atoms with Gasteiger partial charge < -0.3 is 20.5 Å². The van der Waals surface area contributed by atoms with Crippen molar-refractivity contribution < 1.29 is 23.5 Å². The highest BCUT2D eigenvalue weighted by Gasteiger charge is 2.73. The molecule has 4 aliphatic rings. The summed E-state index contributed by atoms with van der Waals surface area (Å²) in [6.07, 6.45) is 1.98. The molecule has 0 heterocycles. The lowest BCUT2D eigenvalue weighted by Gasteiger charge is -2.71. The van der Waals surface area contributed by atoms with Gasteiger partial charge in [0.15, 0.2) is 6.10 Å². The Labute approximate surface area is 178 Å². The molecule has 5 rings (SSSR count). The lowest BCUT2D eigenvalue weighted by atomic mass is 9.37. The normalized spacial score (nSPS) is 34.4. The summed E-state index contributed by atoms with van der Waals surface area (Å²) in [5.41, 5.74) is 4.36. The Balaban J connectivity index is 1.27. The monoisotopic (exact) mass is 435 g/mol. The molecule has 4 aliphatic carbocycles. The molecule has 9 heteroatoms. The maximum absolute atomic E-state index is 13.7. The van der Waals surface area contributed by atoms with E-state index in [0.717, 1.165) is 6.07 Å². The fourth-order valence-electron chi connectivity index (χ4n) is 5.13. The molecule has 0 radical (unpaired) electrons. The van der Waals surface area contributed by atoms with Crippen LogP contribution in [0.3, 0.4) is 0 Å². The number of primary amides is 1. The van der Waals surface area contributed by atoms with Crippen molar-refractivity contribution in [2.75, 3.05) is 6.61 Å². The fraction of sp³-hybridized carbons (Fsp3) is 0.571. The number of carbonyl (C=O) groups is 2. The van der Waals surface area contributed by atoms with E-state index in [4.69, 9.17) is 32.1 Å². The molecular formula is C21H23ClFN3O4. The number of hydrogen-bond donors (Lipinski definition) is 2. The van der Waals surface area contributed by atoms with Gasteiger partial charge in [0.2, 0.25) is 5.91 Å². The largest absolute Gasteiger partial charge is 0.480 e. The van der Waals surface area contributed by atoms with Gasteiger partial charge in [-0.3, -0.25) is 9.59 Å². The number of nitriles is 1. The van der Waals surface area contributed by atoms with Gasteiger partial charge in [-0.1, -0.05) is 11.6 Å². The van der Waals surface area contributed by atoms with Gasteiger partial charge in [0.1, 0.15) is 18.2 Å². The number of carbonyl (C=O) groups excluding carboxylic acids is 2. The SMILES string of the molecule is CC1(C#N)CC(OCC(=O)NC23CC(C(Oc4ccc(Cl)c(F)c4)C(N)=O)(C2)C3)C1. The van der Waals surface area contributed by atoms with Gasteiger partial charge in [-0.2, -0.15) is 5.26 Å². The van der Waals surface area contributed by atoms with Gasteiger partial charge in [0, 0.05) is 17.0 Å². The predicted molar refractivity (Wildman–Crippen MR) is 105 cm³/mol. The highest BCUT2D eigenvalue weighted by molar-refractivity contribution is 6.30. The predicted octanol–water partition coefficient (Wildman–Crippen LogP) is 2.46. The van der Waals surface area contributed by atoms with Gasteiger partial charge in [0.05, 0.1) is 22.6 Å². The minimum absolute atomic E-state index is 0.0356. The van der Waals surface area contributed by atoms with Crippen LogP contribution in [-0.4, -0.2) is 36.2 Å². The van der Waals surface area contributed by atoms with Crippen molar-refractivity contribution in [1.82, 2.24) is 5.32 Å². The van der Waals surface area contributed by atoms with Crippen molar-refractivity contribution in [3.63, 3.8) is 0 Å². The maximum atomic E-state index is 13.7. The summed E-state index contributed by atoms with van der Waals surface area (Å²) in [6.45, 7) is 1.82. The molecule has 160 valence electrons. The quantitative estimate of drug-likeness (QED) is 0.651. The van der Waals surface area contributed by atoms with Crippen molar-refractivity contribution in [3.8, 4) is 11.8 Å². The van der Waals surface area contributed by atoms with Crippen molar-refractivity contribution in [3.05, 3.63) is 29.0 Å². The topological polar surface area (TPSA) is 114 Å². The molecule has 2 amide bonds. The third-order valence-electron chi connectivity index (χ3n) is 6.51. The number of nitrogens with one attached hydrogen (secondary N) is 1. The number of amides is 2. The average molecular weight is 436 g/mol. The molecule has 2 bridgehead atoms. The van der Waals surface area contributed by atoms with Crippen LogP contribution < -0.4 is 15.8 Å². The number of ether oxygens (including phenoxy) is 2.